The van der Waals surface area contributed by atoms with Gasteiger partial charge in [0.15, 0.2) is 0 Å². The number of imidazole rings is 1. The second kappa shape index (κ2) is 5.51. The summed E-state index contributed by atoms with van der Waals surface area (Å²) in [6.07, 6.45) is 3.12. The molecule has 0 radical (unpaired) electrons. The zero-order chi connectivity index (χ0) is 14.8. The van der Waals surface area contributed by atoms with E-state index in [-0.39, 0.29) is 5.69 Å². The van der Waals surface area contributed by atoms with Crippen LogP contribution in [0.3, 0.4) is 0 Å². The molecule has 108 valence electrons. The molecule has 1 aromatic heterocycles. The zero-order valence-electron chi connectivity index (χ0n) is 11.0. The summed E-state index contributed by atoms with van der Waals surface area (Å²) in [7, 11) is -2.00. The van der Waals surface area contributed by atoms with Crippen molar-refractivity contribution in [3.63, 3.8) is 0 Å². The molecule has 1 atom stereocenters. The predicted octanol–water partition coefficient (Wildman–Crippen LogP) is 0.871. The Morgan fingerprint density at radius 2 is 2.20 bits per heavy atom. The predicted molar refractivity (Wildman–Crippen MR) is 74.1 cm³/mol. The van der Waals surface area contributed by atoms with Gasteiger partial charge in [-0.25, -0.2) is 13.4 Å². The van der Waals surface area contributed by atoms with E-state index in [1.54, 1.807) is 18.3 Å². The van der Waals surface area contributed by atoms with Crippen LogP contribution in [0.5, 0.6) is 5.75 Å². The first-order valence-corrected chi connectivity index (χ1v) is 7.62. The van der Waals surface area contributed by atoms with Gasteiger partial charge in [-0.3, -0.25) is 4.72 Å². The van der Waals surface area contributed by atoms with Gasteiger partial charge in [-0.1, -0.05) is 6.07 Å². The summed E-state index contributed by atoms with van der Waals surface area (Å²) >= 11 is 0. The van der Waals surface area contributed by atoms with Gasteiger partial charge in [0, 0.05) is 6.20 Å². The highest BCUT2D eigenvalue weighted by molar-refractivity contribution is 7.92. The number of methoxy groups -OCH3 is 1. The summed E-state index contributed by atoms with van der Waals surface area (Å²) in [5, 5.41) is 10.2. The van der Waals surface area contributed by atoms with E-state index in [1.807, 2.05) is 0 Å². The minimum atomic E-state index is -3.44. The minimum Gasteiger partial charge on any atom is -0.495 e. The van der Waals surface area contributed by atoms with Crippen LogP contribution in [-0.2, 0) is 10.0 Å². The molecule has 0 saturated carbocycles. The summed E-state index contributed by atoms with van der Waals surface area (Å²) < 4.78 is 30.1. The quantitative estimate of drug-likeness (QED) is 0.759. The number of hydrogen-bond donors (Lipinski definition) is 3. The van der Waals surface area contributed by atoms with Crippen LogP contribution < -0.4 is 9.46 Å². The van der Waals surface area contributed by atoms with E-state index in [0.717, 1.165) is 6.26 Å². The van der Waals surface area contributed by atoms with Gasteiger partial charge in [-0.15, -0.1) is 0 Å². The van der Waals surface area contributed by atoms with Crippen LogP contribution in [0.2, 0.25) is 0 Å². The number of anilines is 1. The lowest BCUT2D eigenvalue weighted by Gasteiger charge is -2.14. The molecule has 0 aliphatic rings. The molecule has 2 aromatic rings. The van der Waals surface area contributed by atoms with E-state index >= 15 is 0 Å². The molecular formula is C12H15N3O4S. The second-order valence-corrected chi connectivity index (χ2v) is 5.98. The van der Waals surface area contributed by atoms with Crippen molar-refractivity contribution in [2.75, 3.05) is 18.1 Å². The summed E-state index contributed by atoms with van der Waals surface area (Å²) in [6.45, 7) is 0. The Kier molecular flexibility index (Phi) is 3.96. The number of aromatic nitrogens is 2. The van der Waals surface area contributed by atoms with Crippen LogP contribution in [0.1, 0.15) is 17.4 Å². The molecule has 0 spiro atoms. The van der Waals surface area contributed by atoms with E-state index in [1.165, 1.54) is 19.5 Å². The monoisotopic (exact) mass is 297 g/mol. The van der Waals surface area contributed by atoms with Crippen molar-refractivity contribution in [3.05, 3.63) is 42.0 Å². The summed E-state index contributed by atoms with van der Waals surface area (Å²) in [4.78, 5) is 6.71. The van der Waals surface area contributed by atoms with Crippen molar-refractivity contribution in [3.8, 4) is 5.75 Å². The standard InChI is InChI=1S/C12H15N3O4S/c1-19-11-4-3-8(5-9(11)15-20(2,17)18)12(16)10-6-13-7-14-10/h3-7,12,15-16H,1-2H3,(H,13,14). The molecule has 8 heteroatoms. The Hall–Kier alpha value is -2.06. The number of nitrogens with zero attached hydrogens (tertiary/aromatic N) is 1. The molecule has 2 rings (SSSR count). The lowest BCUT2D eigenvalue weighted by molar-refractivity contribution is 0.216. The molecule has 7 nitrogen and oxygen atoms in total. The van der Waals surface area contributed by atoms with Crippen LogP contribution in [0, 0.1) is 0 Å². The van der Waals surface area contributed by atoms with Crippen LogP contribution >= 0.6 is 0 Å². The molecule has 20 heavy (non-hydrogen) atoms. The van der Waals surface area contributed by atoms with Gasteiger partial charge >= 0.3 is 0 Å². The van der Waals surface area contributed by atoms with Gasteiger partial charge in [0.05, 0.1) is 31.1 Å². The molecular weight excluding hydrogens is 282 g/mol. The van der Waals surface area contributed by atoms with Crippen molar-refractivity contribution < 1.29 is 18.3 Å². The van der Waals surface area contributed by atoms with Crippen molar-refractivity contribution >= 4 is 15.7 Å². The minimum absolute atomic E-state index is 0.266. The lowest BCUT2D eigenvalue weighted by atomic mass is 10.1. The van der Waals surface area contributed by atoms with Gasteiger partial charge in [0.1, 0.15) is 11.9 Å². The summed E-state index contributed by atoms with van der Waals surface area (Å²) in [5.41, 5.74) is 1.21. The number of aliphatic hydroxyl groups excluding tert-OH is 1. The maximum absolute atomic E-state index is 11.3. The fourth-order valence-electron chi connectivity index (χ4n) is 1.77. The first-order chi connectivity index (χ1) is 9.40. The first-order valence-electron chi connectivity index (χ1n) is 5.73. The molecule has 0 fully saturated rings. The summed E-state index contributed by atoms with van der Waals surface area (Å²) in [6, 6.07) is 4.74. The number of benzene rings is 1. The average Bonchev–Trinajstić information content (AvgIpc) is 2.89. The van der Waals surface area contributed by atoms with Gasteiger partial charge in [-0.2, -0.15) is 0 Å². The number of aliphatic hydroxyl groups is 1. The van der Waals surface area contributed by atoms with E-state index in [2.05, 4.69) is 14.7 Å². The maximum Gasteiger partial charge on any atom is 0.229 e. The fourth-order valence-corrected chi connectivity index (χ4v) is 2.33. The Morgan fingerprint density at radius 1 is 1.45 bits per heavy atom. The Labute approximate surface area is 116 Å². The molecule has 0 amide bonds. The Bertz CT molecular complexity index is 683. The highest BCUT2D eigenvalue weighted by atomic mass is 32.2. The fraction of sp³-hybridized carbons (Fsp3) is 0.250. The van der Waals surface area contributed by atoms with Crippen molar-refractivity contribution in [2.45, 2.75) is 6.10 Å². The van der Waals surface area contributed by atoms with E-state index in [0.29, 0.717) is 17.0 Å². The summed E-state index contributed by atoms with van der Waals surface area (Å²) in [5.74, 6) is 0.369. The maximum atomic E-state index is 11.3. The van der Waals surface area contributed by atoms with Gasteiger partial charge in [0.25, 0.3) is 0 Å². The largest absolute Gasteiger partial charge is 0.495 e. The smallest absolute Gasteiger partial charge is 0.229 e. The Morgan fingerprint density at radius 3 is 2.75 bits per heavy atom. The van der Waals surface area contributed by atoms with Crippen LogP contribution in [0.15, 0.2) is 30.7 Å². The highest BCUT2D eigenvalue weighted by Gasteiger charge is 2.16. The number of hydrogen-bond acceptors (Lipinski definition) is 5. The molecule has 3 N–H and O–H groups in total. The van der Waals surface area contributed by atoms with Crippen LogP contribution in [-0.4, -0.2) is 36.9 Å². The van der Waals surface area contributed by atoms with E-state index in [9.17, 15) is 13.5 Å². The van der Waals surface area contributed by atoms with Crippen molar-refractivity contribution in [1.82, 2.24) is 9.97 Å². The zero-order valence-corrected chi connectivity index (χ0v) is 11.8. The van der Waals surface area contributed by atoms with Gasteiger partial charge < -0.3 is 14.8 Å². The Balaban J connectivity index is 2.39. The number of H-pyrrole nitrogens is 1. The lowest BCUT2D eigenvalue weighted by Crippen LogP contribution is -2.11. The molecule has 0 bridgehead atoms. The molecule has 1 aromatic carbocycles. The second-order valence-electron chi connectivity index (χ2n) is 4.23. The normalized spacial score (nSPS) is 12.9. The highest BCUT2D eigenvalue weighted by Crippen LogP contribution is 2.30. The number of sulfonamides is 1. The SMILES string of the molecule is COc1ccc(C(O)c2c[nH]cn2)cc1NS(C)(=O)=O. The van der Waals surface area contributed by atoms with Crippen LogP contribution in [0.25, 0.3) is 0 Å². The van der Waals surface area contributed by atoms with Crippen molar-refractivity contribution in [1.29, 1.82) is 0 Å². The first kappa shape index (κ1) is 14.4. The van der Waals surface area contributed by atoms with E-state index in [4.69, 9.17) is 4.74 Å². The number of nitrogens with one attached hydrogen (secondary N) is 2. The molecule has 1 unspecified atom stereocenters. The number of rotatable bonds is 5. The molecule has 0 aliphatic heterocycles. The van der Waals surface area contributed by atoms with Gasteiger partial charge in [-0.05, 0) is 17.7 Å². The molecule has 1 heterocycles. The number of aromatic amines is 1. The van der Waals surface area contributed by atoms with E-state index < -0.39 is 16.1 Å². The van der Waals surface area contributed by atoms with Gasteiger partial charge in [0.2, 0.25) is 10.0 Å². The third-order valence-electron chi connectivity index (χ3n) is 2.63. The molecule has 0 saturated heterocycles. The number of ether oxygens (including phenoxy) is 1. The third-order valence-corrected chi connectivity index (χ3v) is 3.22. The third kappa shape index (κ3) is 3.28. The van der Waals surface area contributed by atoms with Crippen LogP contribution in [0.4, 0.5) is 5.69 Å². The topological polar surface area (TPSA) is 104 Å². The molecule has 0 aliphatic carbocycles. The average molecular weight is 297 g/mol. The van der Waals surface area contributed by atoms with Crippen molar-refractivity contribution in [2.24, 2.45) is 0 Å².